The molecule has 2 aromatic carbocycles. The van der Waals surface area contributed by atoms with Crippen molar-refractivity contribution in [3.05, 3.63) is 65.7 Å². The van der Waals surface area contributed by atoms with E-state index in [2.05, 4.69) is 34.5 Å². The van der Waals surface area contributed by atoms with E-state index in [1.54, 1.807) is 0 Å². The molecule has 1 amide bonds. The van der Waals surface area contributed by atoms with E-state index in [-0.39, 0.29) is 36.8 Å². The zero-order chi connectivity index (χ0) is 16.1. The third-order valence-electron chi connectivity index (χ3n) is 4.23. The van der Waals surface area contributed by atoms with Gasteiger partial charge in [-0.3, -0.25) is 9.69 Å². The van der Waals surface area contributed by atoms with Crippen LogP contribution < -0.4 is 11.1 Å². The second kappa shape index (κ2) is 10.3. The smallest absolute Gasteiger partial charge is 0.224 e. The third-order valence-corrected chi connectivity index (χ3v) is 4.23. The van der Waals surface area contributed by atoms with Gasteiger partial charge in [0.25, 0.3) is 0 Å². The molecule has 1 aliphatic rings. The van der Waals surface area contributed by atoms with Crippen LogP contribution in [0.5, 0.6) is 0 Å². The van der Waals surface area contributed by atoms with Crippen LogP contribution in [-0.4, -0.2) is 29.9 Å². The highest BCUT2D eigenvalue weighted by Crippen LogP contribution is 2.14. The molecule has 0 saturated carbocycles. The lowest BCUT2D eigenvalue weighted by molar-refractivity contribution is -0.121. The highest BCUT2D eigenvalue weighted by molar-refractivity contribution is 5.85. The number of likely N-dealkylation sites (tertiary alicyclic amines) is 1. The summed E-state index contributed by atoms with van der Waals surface area (Å²) in [6.45, 7) is 2.90. The Morgan fingerprint density at radius 3 is 2.40 bits per heavy atom. The Kier molecular flexibility index (Phi) is 8.76. The molecule has 4 nitrogen and oxygen atoms in total. The molecule has 0 spiro atoms. The number of carbonyl (C=O) groups is 1. The zero-order valence-electron chi connectivity index (χ0n) is 14.1. The molecule has 1 atom stereocenters. The molecule has 25 heavy (non-hydrogen) atoms. The van der Waals surface area contributed by atoms with Gasteiger partial charge in [0.1, 0.15) is 0 Å². The van der Waals surface area contributed by atoms with Gasteiger partial charge in [-0.1, -0.05) is 42.5 Å². The SMILES string of the molecule is Cl.Cl.Nc1ccc(CC(=O)NC2CCN(Cc3ccccc3)C2)cc1. The van der Waals surface area contributed by atoms with Gasteiger partial charge in [-0.15, -0.1) is 24.8 Å². The molecule has 1 aliphatic heterocycles. The van der Waals surface area contributed by atoms with E-state index in [9.17, 15) is 4.79 Å². The predicted molar refractivity (Wildman–Crippen MR) is 107 cm³/mol. The minimum absolute atomic E-state index is 0. The van der Waals surface area contributed by atoms with Crippen molar-refractivity contribution >= 4 is 36.4 Å². The summed E-state index contributed by atoms with van der Waals surface area (Å²) in [6, 6.07) is 18.2. The molecule has 136 valence electrons. The molecule has 6 heteroatoms. The highest BCUT2D eigenvalue weighted by Gasteiger charge is 2.23. The number of amides is 1. The lowest BCUT2D eigenvalue weighted by Gasteiger charge is -2.17. The van der Waals surface area contributed by atoms with Crippen molar-refractivity contribution in [3.8, 4) is 0 Å². The average Bonchev–Trinajstić information content (AvgIpc) is 2.97. The van der Waals surface area contributed by atoms with Crippen LogP contribution in [0.25, 0.3) is 0 Å². The summed E-state index contributed by atoms with van der Waals surface area (Å²) in [5, 5.41) is 3.15. The molecule has 3 N–H and O–H groups in total. The van der Waals surface area contributed by atoms with E-state index in [0.717, 1.165) is 37.3 Å². The number of anilines is 1. The van der Waals surface area contributed by atoms with Crippen LogP contribution in [0.4, 0.5) is 5.69 Å². The van der Waals surface area contributed by atoms with Crippen LogP contribution >= 0.6 is 24.8 Å². The molecule has 3 rings (SSSR count). The fourth-order valence-corrected chi connectivity index (χ4v) is 3.04. The number of nitrogens with one attached hydrogen (secondary N) is 1. The first kappa shape index (κ1) is 21.3. The lowest BCUT2D eigenvalue weighted by atomic mass is 10.1. The number of nitrogen functional groups attached to an aromatic ring is 1. The van der Waals surface area contributed by atoms with Crippen LogP contribution in [0.1, 0.15) is 17.5 Å². The molecule has 2 aromatic rings. The molecule has 0 radical (unpaired) electrons. The second-order valence-electron chi connectivity index (χ2n) is 6.19. The second-order valence-corrected chi connectivity index (χ2v) is 6.19. The van der Waals surface area contributed by atoms with Crippen LogP contribution in [0, 0.1) is 0 Å². The number of hydrogen-bond acceptors (Lipinski definition) is 3. The van der Waals surface area contributed by atoms with Crippen LogP contribution in [0.3, 0.4) is 0 Å². The highest BCUT2D eigenvalue weighted by atomic mass is 35.5. The zero-order valence-corrected chi connectivity index (χ0v) is 15.7. The largest absolute Gasteiger partial charge is 0.399 e. The molecule has 0 aliphatic carbocycles. The summed E-state index contributed by atoms with van der Waals surface area (Å²) in [7, 11) is 0. The maximum absolute atomic E-state index is 12.2. The average molecular weight is 382 g/mol. The van der Waals surface area contributed by atoms with E-state index < -0.39 is 0 Å². The molecular formula is C19H25Cl2N3O. The summed E-state index contributed by atoms with van der Waals surface area (Å²) in [6.07, 6.45) is 1.43. The first-order valence-corrected chi connectivity index (χ1v) is 8.09. The van der Waals surface area contributed by atoms with Gasteiger partial charge in [0.2, 0.25) is 5.91 Å². The minimum atomic E-state index is 0. The maximum Gasteiger partial charge on any atom is 0.224 e. The fraction of sp³-hybridized carbons (Fsp3) is 0.316. The Bertz CT molecular complexity index is 649. The number of benzene rings is 2. The number of carbonyl (C=O) groups excluding carboxylic acids is 1. The molecule has 1 unspecified atom stereocenters. The quantitative estimate of drug-likeness (QED) is 0.782. The minimum Gasteiger partial charge on any atom is -0.399 e. The Balaban J connectivity index is 0.00000156. The monoisotopic (exact) mass is 381 g/mol. The number of rotatable bonds is 5. The van der Waals surface area contributed by atoms with Crippen molar-refractivity contribution in [3.63, 3.8) is 0 Å². The van der Waals surface area contributed by atoms with Gasteiger partial charge in [-0.25, -0.2) is 0 Å². The van der Waals surface area contributed by atoms with E-state index in [4.69, 9.17) is 5.73 Å². The summed E-state index contributed by atoms with van der Waals surface area (Å²) in [4.78, 5) is 14.5. The molecule has 0 bridgehead atoms. The summed E-state index contributed by atoms with van der Waals surface area (Å²) in [5.74, 6) is 0.0846. The topological polar surface area (TPSA) is 58.4 Å². The van der Waals surface area contributed by atoms with Gasteiger partial charge in [0.15, 0.2) is 0 Å². The summed E-state index contributed by atoms with van der Waals surface area (Å²) < 4.78 is 0. The molecule has 1 saturated heterocycles. The standard InChI is InChI=1S/C19H23N3O.2ClH/c20-17-8-6-15(7-9-17)12-19(23)21-18-10-11-22(14-18)13-16-4-2-1-3-5-16;;/h1-9,18H,10-14,20H2,(H,21,23);2*1H. The van der Waals surface area contributed by atoms with Crippen LogP contribution in [0.2, 0.25) is 0 Å². The van der Waals surface area contributed by atoms with Crippen molar-refractivity contribution in [2.24, 2.45) is 0 Å². The van der Waals surface area contributed by atoms with Crippen molar-refractivity contribution in [2.45, 2.75) is 25.4 Å². The fourth-order valence-electron chi connectivity index (χ4n) is 3.04. The maximum atomic E-state index is 12.2. The first-order valence-electron chi connectivity index (χ1n) is 8.09. The Hall–Kier alpha value is -1.75. The van der Waals surface area contributed by atoms with Crippen LogP contribution in [-0.2, 0) is 17.8 Å². The normalized spacial score (nSPS) is 16.6. The van der Waals surface area contributed by atoms with E-state index in [0.29, 0.717) is 6.42 Å². The van der Waals surface area contributed by atoms with Gasteiger partial charge in [0.05, 0.1) is 6.42 Å². The predicted octanol–water partition coefficient (Wildman–Crippen LogP) is 3.05. The van der Waals surface area contributed by atoms with E-state index in [1.807, 2.05) is 30.3 Å². The summed E-state index contributed by atoms with van der Waals surface area (Å²) >= 11 is 0. The van der Waals surface area contributed by atoms with Crippen molar-refractivity contribution in [1.82, 2.24) is 10.2 Å². The third kappa shape index (κ3) is 6.58. The van der Waals surface area contributed by atoms with Gasteiger partial charge in [0, 0.05) is 31.4 Å². The van der Waals surface area contributed by atoms with Gasteiger partial charge < -0.3 is 11.1 Å². The molecule has 0 aromatic heterocycles. The van der Waals surface area contributed by atoms with E-state index in [1.165, 1.54) is 5.56 Å². The number of hydrogen-bond donors (Lipinski definition) is 2. The molecule has 1 heterocycles. The van der Waals surface area contributed by atoms with Crippen molar-refractivity contribution in [2.75, 3.05) is 18.8 Å². The lowest BCUT2D eigenvalue weighted by Crippen LogP contribution is -2.37. The molecule has 1 fully saturated rings. The number of nitrogens with zero attached hydrogens (tertiary/aromatic N) is 1. The Labute approximate surface area is 161 Å². The Morgan fingerprint density at radius 2 is 1.72 bits per heavy atom. The number of halogens is 2. The first-order chi connectivity index (χ1) is 11.2. The van der Waals surface area contributed by atoms with Crippen molar-refractivity contribution < 1.29 is 4.79 Å². The van der Waals surface area contributed by atoms with Gasteiger partial charge >= 0.3 is 0 Å². The van der Waals surface area contributed by atoms with Crippen molar-refractivity contribution in [1.29, 1.82) is 0 Å². The number of nitrogens with two attached hydrogens (primary N) is 1. The van der Waals surface area contributed by atoms with Gasteiger partial charge in [-0.05, 0) is 29.7 Å². The van der Waals surface area contributed by atoms with E-state index >= 15 is 0 Å². The van der Waals surface area contributed by atoms with Gasteiger partial charge in [-0.2, -0.15) is 0 Å². The molecular weight excluding hydrogens is 357 g/mol. The summed E-state index contributed by atoms with van der Waals surface area (Å²) in [5.41, 5.74) is 8.70. The Morgan fingerprint density at radius 1 is 1.04 bits per heavy atom. The van der Waals surface area contributed by atoms with Crippen LogP contribution in [0.15, 0.2) is 54.6 Å².